The third-order valence-corrected chi connectivity index (χ3v) is 8.47. The summed E-state index contributed by atoms with van der Waals surface area (Å²) in [4.78, 5) is 43.8. The van der Waals surface area contributed by atoms with E-state index in [0.717, 1.165) is 22.3 Å². The van der Waals surface area contributed by atoms with Gasteiger partial charge in [-0.05, 0) is 75.8 Å². The highest BCUT2D eigenvalue weighted by atomic mass is 32.1. The molecule has 0 aliphatic rings. The minimum absolute atomic E-state index is 0.0966. The minimum Gasteiger partial charge on any atom is -0.338 e. The molecule has 0 fully saturated rings. The summed E-state index contributed by atoms with van der Waals surface area (Å²) < 4.78 is 3.04. The molecule has 0 aliphatic carbocycles. The molecule has 0 aliphatic heterocycles. The van der Waals surface area contributed by atoms with Crippen molar-refractivity contribution < 1.29 is 4.79 Å². The molecule has 194 valence electrons. The lowest BCUT2D eigenvalue weighted by atomic mass is 10.00. The van der Waals surface area contributed by atoms with E-state index in [1.165, 1.54) is 21.5 Å². The number of amides is 1. The molecule has 2 aromatic carbocycles. The Kier molecular flexibility index (Phi) is 7.83. The maximum atomic E-state index is 13.9. The van der Waals surface area contributed by atoms with E-state index in [0.29, 0.717) is 46.7 Å². The van der Waals surface area contributed by atoms with E-state index in [1.54, 1.807) is 9.47 Å². The number of rotatable bonds is 8. The number of nitrogens with zero attached hydrogens (tertiary/aromatic N) is 3. The topological polar surface area (TPSA) is 64.3 Å². The second kappa shape index (κ2) is 10.9. The Morgan fingerprint density at radius 2 is 1.54 bits per heavy atom. The summed E-state index contributed by atoms with van der Waals surface area (Å²) in [6.07, 6.45) is 0.568. The first kappa shape index (κ1) is 26.6. The summed E-state index contributed by atoms with van der Waals surface area (Å²) in [6, 6.07) is 14.1. The van der Waals surface area contributed by atoms with Gasteiger partial charge in [-0.25, -0.2) is 4.79 Å². The van der Waals surface area contributed by atoms with Gasteiger partial charge in [-0.3, -0.25) is 18.7 Å². The minimum atomic E-state index is -0.337. The van der Waals surface area contributed by atoms with Gasteiger partial charge in [0.05, 0.1) is 16.8 Å². The molecule has 4 rings (SSSR count). The highest BCUT2D eigenvalue weighted by Crippen LogP contribution is 2.30. The standard InChI is InChI=1S/C30H35N3O3S/c1-7-31(8-2)28(35)26-22(6)25-27(34)32(15-14-23-12-10-9-11-13-23)30(36)33(29(25)37-26)18-24-20(4)16-19(3)17-21(24)5/h9-13,16-17H,7-8,14-15,18H2,1-6H3. The molecule has 2 aromatic heterocycles. The number of hydrogen-bond acceptors (Lipinski definition) is 4. The fourth-order valence-corrected chi connectivity index (χ4v) is 6.35. The van der Waals surface area contributed by atoms with Gasteiger partial charge in [0.1, 0.15) is 4.83 Å². The van der Waals surface area contributed by atoms with Crippen molar-refractivity contribution in [1.82, 2.24) is 14.0 Å². The second-order valence-electron chi connectivity index (χ2n) is 9.65. The fraction of sp³-hybridized carbons (Fsp3) is 0.367. The molecular formula is C30H35N3O3S. The summed E-state index contributed by atoms with van der Waals surface area (Å²) in [5.41, 5.74) is 5.49. The number of aryl methyl sites for hydroxylation is 5. The molecule has 0 radical (unpaired) electrons. The molecule has 0 unspecified atom stereocenters. The van der Waals surface area contributed by atoms with Crippen LogP contribution in [0.3, 0.4) is 0 Å². The molecule has 0 spiro atoms. The number of thiophene rings is 1. The SMILES string of the molecule is CCN(CC)C(=O)c1sc2c(c1C)c(=O)n(CCc1ccccc1)c(=O)n2Cc1c(C)cc(C)cc1C. The van der Waals surface area contributed by atoms with Gasteiger partial charge in [0.15, 0.2) is 0 Å². The molecule has 2 heterocycles. The Morgan fingerprint density at radius 1 is 0.919 bits per heavy atom. The molecule has 1 amide bonds. The summed E-state index contributed by atoms with van der Waals surface area (Å²) in [6.45, 7) is 13.7. The maximum Gasteiger partial charge on any atom is 0.332 e. The summed E-state index contributed by atoms with van der Waals surface area (Å²) in [5.74, 6) is -0.0966. The van der Waals surface area contributed by atoms with Crippen LogP contribution in [0.25, 0.3) is 10.2 Å². The number of carbonyl (C=O) groups is 1. The smallest absolute Gasteiger partial charge is 0.332 e. The number of aromatic nitrogens is 2. The average Bonchev–Trinajstić information content (AvgIpc) is 3.21. The molecule has 0 N–H and O–H groups in total. The van der Waals surface area contributed by atoms with Gasteiger partial charge in [0, 0.05) is 19.6 Å². The van der Waals surface area contributed by atoms with Crippen LogP contribution in [0.2, 0.25) is 0 Å². The number of carbonyl (C=O) groups excluding carboxylic acids is 1. The van der Waals surface area contributed by atoms with Crippen LogP contribution in [0.15, 0.2) is 52.1 Å². The quantitative estimate of drug-likeness (QED) is 0.321. The zero-order chi connectivity index (χ0) is 26.9. The predicted octanol–water partition coefficient (Wildman–Crippen LogP) is 5.23. The predicted molar refractivity (Wildman–Crippen MR) is 152 cm³/mol. The Morgan fingerprint density at radius 3 is 2.14 bits per heavy atom. The van der Waals surface area contributed by atoms with E-state index in [2.05, 4.69) is 32.9 Å². The molecule has 0 saturated heterocycles. The van der Waals surface area contributed by atoms with E-state index >= 15 is 0 Å². The van der Waals surface area contributed by atoms with Gasteiger partial charge < -0.3 is 4.90 Å². The van der Waals surface area contributed by atoms with Crippen LogP contribution in [-0.4, -0.2) is 33.0 Å². The number of fused-ring (bicyclic) bond motifs is 1. The Bertz CT molecular complexity index is 1550. The summed E-state index contributed by atoms with van der Waals surface area (Å²) >= 11 is 1.26. The third-order valence-electron chi connectivity index (χ3n) is 7.16. The lowest BCUT2D eigenvalue weighted by molar-refractivity contribution is 0.0777. The van der Waals surface area contributed by atoms with Crippen molar-refractivity contribution in [3.63, 3.8) is 0 Å². The van der Waals surface area contributed by atoms with Crippen LogP contribution in [-0.2, 0) is 19.5 Å². The van der Waals surface area contributed by atoms with Gasteiger partial charge in [0.25, 0.3) is 11.5 Å². The van der Waals surface area contributed by atoms with Gasteiger partial charge in [0.2, 0.25) is 0 Å². The van der Waals surface area contributed by atoms with Crippen LogP contribution in [0.5, 0.6) is 0 Å². The van der Waals surface area contributed by atoms with Crippen LogP contribution in [0, 0.1) is 27.7 Å². The number of hydrogen-bond donors (Lipinski definition) is 0. The van der Waals surface area contributed by atoms with Gasteiger partial charge in [-0.2, -0.15) is 0 Å². The number of benzene rings is 2. The highest BCUT2D eigenvalue weighted by Gasteiger charge is 2.25. The fourth-order valence-electron chi connectivity index (χ4n) is 5.09. The van der Waals surface area contributed by atoms with Gasteiger partial charge in [-0.15, -0.1) is 11.3 Å². The normalized spacial score (nSPS) is 11.3. The average molecular weight is 518 g/mol. The maximum absolute atomic E-state index is 13.9. The van der Waals surface area contributed by atoms with Crippen molar-refractivity contribution in [2.24, 2.45) is 0 Å². The zero-order valence-electron chi connectivity index (χ0n) is 22.6. The first-order valence-electron chi connectivity index (χ1n) is 12.8. The van der Waals surface area contributed by atoms with Crippen LogP contribution >= 0.6 is 11.3 Å². The van der Waals surface area contributed by atoms with E-state index < -0.39 is 0 Å². The molecule has 4 aromatic rings. The van der Waals surface area contributed by atoms with Gasteiger partial charge >= 0.3 is 5.69 Å². The van der Waals surface area contributed by atoms with Gasteiger partial charge in [-0.1, -0.05) is 48.0 Å². The van der Waals surface area contributed by atoms with E-state index in [-0.39, 0.29) is 23.7 Å². The summed E-state index contributed by atoms with van der Waals surface area (Å²) in [5, 5.41) is 0.468. The second-order valence-corrected chi connectivity index (χ2v) is 10.7. The molecular weight excluding hydrogens is 482 g/mol. The largest absolute Gasteiger partial charge is 0.338 e. The zero-order valence-corrected chi connectivity index (χ0v) is 23.4. The summed E-state index contributed by atoms with van der Waals surface area (Å²) in [7, 11) is 0. The van der Waals surface area contributed by atoms with E-state index in [1.807, 2.05) is 51.1 Å². The first-order valence-corrected chi connectivity index (χ1v) is 13.7. The molecule has 7 heteroatoms. The highest BCUT2D eigenvalue weighted by molar-refractivity contribution is 7.20. The monoisotopic (exact) mass is 517 g/mol. The van der Waals surface area contributed by atoms with Crippen molar-refractivity contribution in [2.45, 2.75) is 61.1 Å². The third kappa shape index (κ3) is 5.05. The Hall–Kier alpha value is -3.45. The van der Waals surface area contributed by atoms with E-state index in [4.69, 9.17) is 0 Å². The molecule has 37 heavy (non-hydrogen) atoms. The van der Waals surface area contributed by atoms with E-state index in [9.17, 15) is 14.4 Å². The lowest BCUT2D eigenvalue weighted by Gasteiger charge is -2.17. The van der Waals surface area contributed by atoms with Crippen molar-refractivity contribution in [3.8, 4) is 0 Å². The van der Waals surface area contributed by atoms with Crippen molar-refractivity contribution in [1.29, 1.82) is 0 Å². The molecule has 0 saturated carbocycles. The first-order chi connectivity index (χ1) is 17.7. The van der Waals surface area contributed by atoms with Crippen LogP contribution in [0.1, 0.15) is 56.9 Å². The van der Waals surface area contributed by atoms with Crippen LogP contribution in [0.4, 0.5) is 0 Å². The lowest BCUT2D eigenvalue weighted by Crippen LogP contribution is -2.40. The Balaban J connectivity index is 1.95. The molecule has 6 nitrogen and oxygen atoms in total. The Labute approximate surface area is 221 Å². The van der Waals surface area contributed by atoms with Crippen molar-refractivity contribution >= 4 is 27.5 Å². The molecule has 0 atom stereocenters. The van der Waals surface area contributed by atoms with Crippen molar-refractivity contribution in [2.75, 3.05) is 13.1 Å². The molecule has 0 bridgehead atoms. The van der Waals surface area contributed by atoms with Crippen molar-refractivity contribution in [3.05, 3.63) is 102 Å². The van der Waals surface area contributed by atoms with Crippen LogP contribution < -0.4 is 11.2 Å².